The van der Waals surface area contributed by atoms with Crippen LogP contribution in [0.25, 0.3) is 0 Å². The molecule has 0 radical (unpaired) electrons. The van der Waals surface area contributed by atoms with Crippen LogP contribution < -0.4 is 5.32 Å². The highest BCUT2D eigenvalue weighted by Crippen LogP contribution is 2.23. The largest absolute Gasteiger partial charge is 0.360 e. The van der Waals surface area contributed by atoms with Crippen LogP contribution in [0.2, 0.25) is 10.0 Å². The number of anilines is 1. The van der Waals surface area contributed by atoms with Crippen LogP contribution >= 0.6 is 23.2 Å². The lowest BCUT2D eigenvalue weighted by atomic mass is 10.2. The van der Waals surface area contributed by atoms with Gasteiger partial charge in [-0.15, -0.1) is 0 Å². The number of hydrogen-bond donors (Lipinski definition) is 1. The number of halogens is 2. The van der Waals surface area contributed by atoms with Crippen LogP contribution in [0.1, 0.15) is 18.2 Å². The molecule has 0 aliphatic heterocycles. The molecule has 0 aliphatic rings. The molecular weight excluding hydrogens is 347 g/mol. The summed E-state index contributed by atoms with van der Waals surface area (Å²) >= 11 is 11.9. The highest BCUT2D eigenvalue weighted by atomic mass is 35.5. The Morgan fingerprint density at radius 1 is 1.41 bits per heavy atom. The predicted octanol–water partition coefficient (Wildman–Crippen LogP) is 3.57. The quantitative estimate of drug-likeness (QED) is 0.884. The van der Waals surface area contributed by atoms with Gasteiger partial charge in [0.05, 0.1) is 5.75 Å². The molecule has 0 aliphatic carbocycles. The van der Waals surface area contributed by atoms with E-state index in [1.54, 1.807) is 38.1 Å². The summed E-state index contributed by atoms with van der Waals surface area (Å²) in [5, 5.41) is 6.44. The second-order valence-corrected chi connectivity index (χ2v) is 7.32. The van der Waals surface area contributed by atoms with Crippen molar-refractivity contribution in [2.75, 3.05) is 5.32 Å². The lowest BCUT2D eigenvalue weighted by Gasteiger charge is -2.11. The Labute approximate surface area is 140 Å². The van der Waals surface area contributed by atoms with E-state index in [-0.39, 0.29) is 5.75 Å². The van der Waals surface area contributed by atoms with Crippen molar-refractivity contribution in [3.05, 3.63) is 45.6 Å². The zero-order valence-corrected chi connectivity index (χ0v) is 14.3. The van der Waals surface area contributed by atoms with Gasteiger partial charge < -0.3 is 9.84 Å². The van der Waals surface area contributed by atoms with Gasteiger partial charge in [0.15, 0.2) is 5.82 Å². The maximum Gasteiger partial charge on any atom is 0.241 e. The van der Waals surface area contributed by atoms with Crippen LogP contribution in [0.15, 0.2) is 28.8 Å². The Balaban J connectivity index is 2.00. The monoisotopic (exact) mass is 360 g/mol. The topological polar surface area (TPSA) is 72.2 Å². The van der Waals surface area contributed by atoms with Gasteiger partial charge in [-0.3, -0.25) is 9.00 Å². The third kappa shape index (κ3) is 4.32. The first-order valence-corrected chi connectivity index (χ1v) is 8.56. The van der Waals surface area contributed by atoms with Crippen LogP contribution in [0.4, 0.5) is 5.82 Å². The molecule has 1 aromatic heterocycles. The van der Waals surface area contributed by atoms with E-state index in [1.165, 1.54) is 0 Å². The third-order valence-electron chi connectivity index (χ3n) is 2.96. The molecule has 0 fully saturated rings. The summed E-state index contributed by atoms with van der Waals surface area (Å²) in [6, 6.07) is 6.54. The van der Waals surface area contributed by atoms with E-state index in [9.17, 15) is 9.00 Å². The molecule has 2 rings (SSSR count). The molecule has 0 saturated heterocycles. The molecule has 5 nitrogen and oxygen atoms in total. The average Bonchev–Trinajstić information content (AvgIpc) is 2.86. The smallest absolute Gasteiger partial charge is 0.241 e. The van der Waals surface area contributed by atoms with Crippen molar-refractivity contribution in [3.8, 4) is 0 Å². The number of benzene rings is 1. The van der Waals surface area contributed by atoms with Gasteiger partial charge in [-0.25, -0.2) is 0 Å². The number of rotatable bonds is 5. The van der Waals surface area contributed by atoms with E-state index in [1.807, 2.05) is 0 Å². The molecule has 118 valence electrons. The first-order chi connectivity index (χ1) is 10.4. The van der Waals surface area contributed by atoms with Gasteiger partial charge >= 0.3 is 0 Å². The van der Waals surface area contributed by atoms with Crippen molar-refractivity contribution in [1.29, 1.82) is 0 Å². The van der Waals surface area contributed by atoms with Crippen molar-refractivity contribution >= 4 is 45.7 Å². The van der Waals surface area contributed by atoms with Crippen molar-refractivity contribution in [2.24, 2.45) is 0 Å². The second kappa shape index (κ2) is 7.26. The molecule has 1 amide bonds. The minimum absolute atomic E-state index is 0.169. The minimum atomic E-state index is -1.43. The molecule has 1 aromatic carbocycles. The maximum absolute atomic E-state index is 12.3. The summed E-state index contributed by atoms with van der Waals surface area (Å²) in [4.78, 5) is 12.1. The third-order valence-corrected chi connectivity index (χ3v) is 5.14. The number of amides is 1. The van der Waals surface area contributed by atoms with Gasteiger partial charge in [0, 0.05) is 26.9 Å². The Hall–Kier alpha value is -1.37. The predicted molar refractivity (Wildman–Crippen MR) is 87.6 cm³/mol. The maximum atomic E-state index is 12.3. The molecule has 2 aromatic rings. The van der Waals surface area contributed by atoms with Crippen LogP contribution in [0.3, 0.4) is 0 Å². The fourth-order valence-electron chi connectivity index (χ4n) is 1.69. The van der Waals surface area contributed by atoms with E-state index in [2.05, 4.69) is 10.5 Å². The van der Waals surface area contributed by atoms with Crippen LogP contribution in [0, 0.1) is 6.92 Å². The summed E-state index contributed by atoms with van der Waals surface area (Å²) in [5.41, 5.74) is 0.682. The van der Waals surface area contributed by atoms with Crippen molar-refractivity contribution in [3.63, 3.8) is 0 Å². The summed E-state index contributed by atoms with van der Waals surface area (Å²) in [7, 11) is -1.43. The van der Waals surface area contributed by atoms with Crippen LogP contribution in [-0.2, 0) is 21.3 Å². The second-order valence-electron chi connectivity index (χ2n) is 4.72. The number of carbonyl (C=O) groups is 1. The lowest BCUT2D eigenvalue weighted by molar-refractivity contribution is -0.115. The molecule has 0 spiro atoms. The van der Waals surface area contributed by atoms with Crippen molar-refractivity contribution in [1.82, 2.24) is 5.16 Å². The molecule has 0 saturated carbocycles. The fourth-order valence-corrected chi connectivity index (χ4v) is 3.35. The molecule has 0 unspecified atom stereocenters. The Kier molecular flexibility index (Phi) is 5.61. The molecule has 22 heavy (non-hydrogen) atoms. The molecule has 8 heteroatoms. The Morgan fingerprint density at radius 3 is 2.73 bits per heavy atom. The normalized spacial score (nSPS) is 13.6. The van der Waals surface area contributed by atoms with Crippen LogP contribution in [0.5, 0.6) is 0 Å². The fraction of sp³-hybridized carbons (Fsp3) is 0.286. The minimum Gasteiger partial charge on any atom is -0.360 e. The van der Waals surface area contributed by atoms with Gasteiger partial charge in [0.1, 0.15) is 11.0 Å². The van der Waals surface area contributed by atoms with Crippen LogP contribution in [-0.4, -0.2) is 20.5 Å². The summed E-state index contributed by atoms with van der Waals surface area (Å²) < 4.78 is 17.2. The van der Waals surface area contributed by atoms with E-state index < -0.39 is 22.0 Å². The molecular formula is C14H14Cl2N2O3S. The highest BCUT2D eigenvalue weighted by molar-refractivity contribution is 7.85. The number of nitrogens with one attached hydrogen (secondary N) is 1. The highest BCUT2D eigenvalue weighted by Gasteiger charge is 2.22. The summed E-state index contributed by atoms with van der Waals surface area (Å²) in [6.45, 7) is 3.30. The van der Waals surface area contributed by atoms with Gasteiger partial charge in [-0.05, 0) is 31.5 Å². The average molecular weight is 361 g/mol. The number of nitrogens with zero attached hydrogens (tertiary/aromatic N) is 1. The first-order valence-electron chi connectivity index (χ1n) is 6.42. The Bertz CT molecular complexity index is 718. The SMILES string of the molecule is Cc1cc(NC(=O)[C@@H](C)[S@](=O)Cc2ccc(Cl)cc2Cl)no1. The number of aryl methyl sites for hydroxylation is 1. The number of aromatic nitrogens is 1. The van der Waals surface area contributed by atoms with Gasteiger partial charge in [0.25, 0.3) is 0 Å². The van der Waals surface area contributed by atoms with Crippen molar-refractivity contribution in [2.45, 2.75) is 24.9 Å². The zero-order chi connectivity index (χ0) is 16.3. The summed E-state index contributed by atoms with van der Waals surface area (Å²) in [6.07, 6.45) is 0. The number of carbonyl (C=O) groups excluding carboxylic acids is 1. The molecule has 2 atom stereocenters. The van der Waals surface area contributed by atoms with E-state index >= 15 is 0 Å². The lowest BCUT2D eigenvalue weighted by Crippen LogP contribution is -2.29. The molecule has 0 bridgehead atoms. The number of hydrogen-bond acceptors (Lipinski definition) is 4. The summed E-state index contributed by atoms with van der Waals surface area (Å²) in [5.74, 6) is 0.659. The molecule has 1 heterocycles. The first kappa shape index (κ1) is 17.0. The van der Waals surface area contributed by atoms with Gasteiger partial charge in [-0.1, -0.05) is 34.4 Å². The van der Waals surface area contributed by atoms with Gasteiger partial charge in [-0.2, -0.15) is 0 Å². The zero-order valence-electron chi connectivity index (χ0n) is 11.9. The van der Waals surface area contributed by atoms with E-state index in [0.29, 0.717) is 27.2 Å². The van der Waals surface area contributed by atoms with Gasteiger partial charge in [0.2, 0.25) is 5.91 Å². The van der Waals surface area contributed by atoms with E-state index in [4.69, 9.17) is 27.7 Å². The van der Waals surface area contributed by atoms with Crippen molar-refractivity contribution < 1.29 is 13.5 Å². The van der Waals surface area contributed by atoms with E-state index in [0.717, 1.165) is 0 Å². The Morgan fingerprint density at radius 2 is 2.14 bits per heavy atom. The standard InChI is InChI=1S/C14H14Cl2N2O3S/c1-8-5-13(18-21-8)17-14(19)9(2)22(20)7-10-3-4-11(15)6-12(10)16/h3-6,9H,7H2,1-2H3,(H,17,18,19)/t9-,22-/m1/s1. The molecule has 1 N–H and O–H groups in total.